The summed E-state index contributed by atoms with van der Waals surface area (Å²) in [6.07, 6.45) is 1.34. The van der Waals surface area contributed by atoms with Crippen LogP contribution in [0.1, 0.15) is 52.5 Å². The van der Waals surface area contributed by atoms with E-state index in [0.29, 0.717) is 19.4 Å². The van der Waals surface area contributed by atoms with E-state index in [1.54, 1.807) is 0 Å². The monoisotopic (exact) mass is 389 g/mol. The van der Waals surface area contributed by atoms with Gasteiger partial charge in [0.1, 0.15) is 6.61 Å². The third-order valence-corrected chi connectivity index (χ3v) is 6.09. The van der Waals surface area contributed by atoms with Crippen molar-refractivity contribution in [1.29, 1.82) is 0 Å². The molecule has 1 saturated carbocycles. The predicted octanol–water partition coefficient (Wildman–Crippen LogP) is 3.83. The van der Waals surface area contributed by atoms with E-state index in [9.17, 15) is 9.59 Å². The second kappa shape index (κ2) is 8.11. The number of hydrogen-bond acceptors (Lipinski definition) is 5. The van der Waals surface area contributed by atoms with E-state index in [2.05, 4.69) is 19.2 Å². The summed E-state index contributed by atoms with van der Waals surface area (Å²) in [5.41, 5.74) is 0.426. The fraction of sp³-hybridized carbons (Fsp3) is 0.636. The van der Waals surface area contributed by atoms with Gasteiger partial charge in [0.2, 0.25) is 0 Å². The quantitative estimate of drug-likeness (QED) is 0.775. The second-order valence-electron chi connectivity index (χ2n) is 8.79. The van der Waals surface area contributed by atoms with Crippen LogP contribution in [0, 0.1) is 11.3 Å². The summed E-state index contributed by atoms with van der Waals surface area (Å²) in [4.78, 5) is 25.1. The van der Waals surface area contributed by atoms with Crippen LogP contribution in [0.3, 0.4) is 0 Å². The number of ether oxygens (including phenoxy) is 3. The van der Waals surface area contributed by atoms with E-state index < -0.39 is 17.6 Å². The molecule has 2 fully saturated rings. The van der Waals surface area contributed by atoms with Crippen LogP contribution in [0.5, 0.6) is 0 Å². The molecule has 0 radical (unpaired) electrons. The number of hydrogen-bond donors (Lipinski definition) is 1. The van der Waals surface area contributed by atoms with Crippen LogP contribution in [0.2, 0.25) is 0 Å². The minimum Gasteiger partial charge on any atom is -0.463 e. The highest BCUT2D eigenvalue weighted by Gasteiger charge is 2.59. The third-order valence-electron chi connectivity index (χ3n) is 6.09. The molecule has 154 valence electrons. The number of carbonyl (C=O) groups is 2. The van der Waals surface area contributed by atoms with Crippen molar-refractivity contribution in [2.24, 2.45) is 11.3 Å². The molecule has 2 aliphatic rings. The Labute approximate surface area is 166 Å². The molecule has 1 heterocycles. The molecule has 1 aromatic carbocycles. The molecule has 1 spiro atoms. The Morgan fingerprint density at radius 1 is 1.21 bits per heavy atom. The first-order valence-corrected chi connectivity index (χ1v) is 10.0. The first kappa shape index (κ1) is 20.6. The number of benzene rings is 1. The maximum absolute atomic E-state index is 12.7. The Bertz CT molecular complexity index is 702. The fourth-order valence-corrected chi connectivity index (χ4v) is 4.31. The molecule has 6 nitrogen and oxygen atoms in total. The van der Waals surface area contributed by atoms with Crippen molar-refractivity contribution >= 4 is 12.1 Å². The summed E-state index contributed by atoms with van der Waals surface area (Å²) in [6.45, 7) is 8.85. The van der Waals surface area contributed by atoms with Gasteiger partial charge in [0, 0.05) is 12.6 Å². The maximum Gasteiger partial charge on any atom is 0.407 e. The fourth-order valence-electron chi connectivity index (χ4n) is 4.31. The molecule has 1 aliphatic carbocycles. The number of amides is 1. The van der Waals surface area contributed by atoms with Gasteiger partial charge in [-0.1, -0.05) is 44.2 Å². The van der Waals surface area contributed by atoms with Gasteiger partial charge in [-0.3, -0.25) is 4.79 Å². The van der Waals surface area contributed by atoms with Crippen molar-refractivity contribution in [2.75, 3.05) is 6.61 Å². The van der Waals surface area contributed by atoms with Crippen LogP contribution in [0.4, 0.5) is 4.79 Å². The maximum atomic E-state index is 12.7. The summed E-state index contributed by atoms with van der Waals surface area (Å²) in [5, 5.41) is 2.90. The zero-order valence-electron chi connectivity index (χ0n) is 17.2. The lowest BCUT2D eigenvalue weighted by Crippen LogP contribution is -2.43. The summed E-state index contributed by atoms with van der Waals surface area (Å²) in [6, 6.07) is 9.14. The molecule has 0 aromatic heterocycles. The van der Waals surface area contributed by atoms with Gasteiger partial charge in [-0.2, -0.15) is 0 Å². The minimum atomic E-state index is -0.524. The Balaban J connectivity index is 1.68. The Kier molecular flexibility index (Phi) is 5.98. The highest BCUT2D eigenvalue weighted by atomic mass is 16.6. The van der Waals surface area contributed by atoms with Crippen LogP contribution < -0.4 is 5.32 Å². The molecule has 1 N–H and O–H groups in total. The van der Waals surface area contributed by atoms with E-state index in [4.69, 9.17) is 14.2 Å². The van der Waals surface area contributed by atoms with Crippen LogP contribution in [0.15, 0.2) is 30.3 Å². The van der Waals surface area contributed by atoms with Crippen LogP contribution >= 0.6 is 0 Å². The molecule has 1 aromatic rings. The van der Waals surface area contributed by atoms with Gasteiger partial charge in [-0.15, -0.1) is 0 Å². The molecule has 6 heteroatoms. The third kappa shape index (κ3) is 4.32. The molecule has 28 heavy (non-hydrogen) atoms. The smallest absolute Gasteiger partial charge is 0.407 e. The molecule has 0 bridgehead atoms. The van der Waals surface area contributed by atoms with Crippen molar-refractivity contribution in [3.8, 4) is 0 Å². The average Bonchev–Trinajstić information content (AvgIpc) is 3.14. The highest BCUT2D eigenvalue weighted by molar-refractivity contribution is 5.76. The first-order chi connectivity index (χ1) is 13.2. The number of carbonyl (C=O) groups excluding carboxylic acids is 2. The summed E-state index contributed by atoms with van der Waals surface area (Å²) >= 11 is 0. The number of esters is 1. The Morgan fingerprint density at radius 3 is 2.54 bits per heavy atom. The molecule has 3 rings (SSSR count). The topological polar surface area (TPSA) is 73.9 Å². The zero-order valence-corrected chi connectivity index (χ0v) is 17.2. The van der Waals surface area contributed by atoms with Gasteiger partial charge in [-0.25, -0.2) is 4.79 Å². The van der Waals surface area contributed by atoms with Gasteiger partial charge in [0.15, 0.2) is 0 Å². The molecule has 0 unspecified atom stereocenters. The molecule has 1 saturated heterocycles. The standard InChI is InChI=1S/C22H31NO5/c1-15(2)28-19(24)17-12-22(21(3,4)10-11-27-22)13-18(17)23-20(25)26-14-16-8-6-5-7-9-16/h5-9,15,17-18H,10-14H2,1-4H3,(H,23,25)/t17-,18-,22-/m0/s1. The van der Waals surface area contributed by atoms with Gasteiger partial charge in [-0.05, 0) is 44.1 Å². The van der Waals surface area contributed by atoms with Gasteiger partial charge >= 0.3 is 12.1 Å². The molecule has 3 atom stereocenters. The summed E-state index contributed by atoms with van der Waals surface area (Å²) in [5.74, 6) is -0.726. The van der Waals surface area contributed by atoms with Crippen molar-refractivity contribution in [3.05, 3.63) is 35.9 Å². The second-order valence-corrected chi connectivity index (χ2v) is 8.79. The van der Waals surface area contributed by atoms with Gasteiger partial charge in [0.25, 0.3) is 0 Å². The van der Waals surface area contributed by atoms with Crippen molar-refractivity contribution in [1.82, 2.24) is 5.32 Å². The lowest BCUT2D eigenvalue weighted by Gasteiger charge is -2.37. The van der Waals surface area contributed by atoms with Gasteiger partial charge in [0.05, 0.1) is 17.6 Å². The molecule has 1 aliphatic heterocycles. The van der Waals surface area contributed by atoms with Crippen LogP contribution in [-0.2, 0) is 25.6 Å². The Morgan fingerprint density at radius 2 is 1.93 bits per heavy atom. The van der Waals surface area contributed by atoms with Crippen molar-refractivity contribution < 1.29 is 23.8 Å². The molecule has 1 amide bonds. The number of nitrogens with one attached hydrogen (secondary N) is 1. The molecular formula is C22H31NO5. The largest absolute Gasteiger partial charge is 0.463 e. The predicted molar refractivity (Wildman–Crippen MR) is 105 cm³/mol. The SMILES string of the molecule is CC(C)OC(=O)[C@H]1C[C@@]2(C[C@@H]1NC(=O)OCc1ccccc1)OCCC2(C)C. The Hall–Kier alpha value is -2.08. The minimum absolute atomic E-state index is 0.0618. The van der Waals surface area contributed by atoms with Crippen LogP contribution in [-0.4, -0.2) is 36.4 Å². The van der Waals surface area contributed by atoms with E-state index >= 15 is 0 Å². The lowest BCUT2D eigenvalue weighted by atomic mass is 9.73. The van der Waals surface area contributed by atoms with E-state index in [0.717, 1.165) is 12.0 Å². The number of alkyl carbamates (subject to hydrolysis) is 1. The van der Waals surface area contributed by atoms with E-state index in [-0.39, 0.29) is 30.1 Å². The summed E-state index contributed by atoms with van der Waals surface area (Å²) < 4.78 is 17.0. The van der Waals surface area contributed by atoms with Gasteiger partial charge < -0.3 is 19.5 Å². The van der Waals surface area contributed by atoms with Crippen LogP contribution in [0.25, 0.3) is 0 Å². The lowest BCUT2D eigenvalue weighted by molar-refractivity contribution is -0.153. The van der Waals surface area contributed by atoms with Crippen molar-refractivity contribution in [2.45, 2.75) is 71.3 Å². The summed E-state index contributed by atoms with van der Waals surface area (Å²) in [7, 11) is 0. The normalized spacial score (nSPS) is 28.5. The molecular weight excluding hydrogens is 358 g/mol. The number of rotatable bonds is 5. The van der Waals surface area contributed by atoms with E-state index in [1.807, 2.05) is 44.2 Å². The first-order valence-electron chi connectivity index (χ1n) is 10.0. The van der Waals surface area contributed by atoms with Crippen molar-refractivity contribution in [3.63, 3.8) is 0 Å². The average molecular weight is 389 g/mol. The zero-order chi connectivity index (χ0) is 20.4. The van der Waals surface area contributed by atoms with E-state index in [1.165, 1.54) is 0 Å². The highest BCUT2D eigenvalue weighted by Crippen LogP contribution is 2.54.